The molecule has 19 heavy (non-hydrogen) atoms. The maximum absolute atomic E-state index is 3.82. The average molecular weight is 263 g/mol. The van der Waals surface area contributed by atoms with Crippen molar-refractivity contribution in [3.8, 4) is 0 Å². The average Bonchev–Trinajstić information content (AvgIpc) is 2.68. The van der Waals surface area contributed by atoms with Gasteiger partial charge in [-0.15, -0.1) is 6.58 Å². The first-order valence-corrected chi connectivity index (χ1v) is 8.07. The molecule has 0 aliphatic carbocycles. The van der Waals surface area contributed by atoms with Gasteiger partial charge >= 0.3 is 0 Å². The second-order valence-corrected chi connectivity index (χ2v) is 6.63. The van der Waals surface area contributed by atoms with Crippen molar-refractivity contribution in [3.05, 3.63) is 12.7 Å². The van der Waals surface area contributed by atoms with Gasteiger partial charge in [-0.2, -0.15) is 0 Å². The standard InChI is InChI=1S/C16H29N3/c1-3-4-7-18-8-10-19(11-9-18)16-12-14-5-6-15(13-16)17(14)2/h3,14-16H,1,4-13H2,2H3/t14-,15+,16?. The van der Waals surface area contributed by atoms with Crippen LogP contribution >= 0.6 is 0 Å². The maximum Gasteiger partial charge on any atom is 0.0126 e. The number of rotatable bonds is 4. The normalized spacial score (nSPS) is 37.6. The van der Waals surface area contributed by atoms with Crippen molar-refractivity contribution in [2.45, 2.75) is 50.2 Å². The third kappa shape index (κ3) is 2.88. The van der Waals surface area contributed by atoms with E-state index in [1.165, 1.54) is 58.4 Å². The smallest absolute Gasteiger partial charge is 0.0126 e. The van der Waals surface area contributed by atoms with Crippen LogP contribution in [0.2, 0.25) is 0 Å². The van der Waals surface area contributed by atoms with Gasteiger partial charge in [-0.1, -0.05) is 6.08 Å². The molecule has 0 aromatic heterocycles. The molecule has 0 spiro atoms. The molecule has 108 valence electrons. The van der Waals surface area contributed by atoms with Crippen LogP contribution in [-0.2, 0) is 0 Å². The predicted molar refractivity (Wildman–Crippen MR) is 80.4 cm³/mol. The van der Waals surface area contributed by atoms with Crippen LogP contribution in [0.5, 0.6) is 0 Å². The predicted octanol–water partition coefficient (Wildman–Crippen LogP) is 1.81. The Morgan fingerprint density at radius 3 is 2.21 bits per heavy atom. The molecule has 1 unspecified atom stereocenters. The van der Waals surface area contributed by atoms with E-state index in [9.17, 15) is 0 Å². The van der Waals surface area contributed by atoms with Crippen LogP contribution in [0, 0.1) is 0 Å². The van der Waals surface area contributed by atoms with Gasteiger partial charge in [0.2, 0.25) is 0 Å². The van der Waals surface area contributed by atoms with E-state index >= 15 is 0 Å². The Morgan fingerprint density at radius 1 is 1.00 bits per heavy atom. The fourth-order valence-electron chi connectivity index (χ4n) is 4.31. The zero-order valence-electron chi connectivity index (χ0n) is 12.4. The minimum atomic E-state index is 0.871. The van der Waals surface area contributed by atoms with Gasteiger partial charge in [-0.3, -0.25) is 4.90 Å². The van der Waals surface area contributed by atoms with Crippen molar-refractivity contribution in [2.24, 2.45) is 0 Å². The van der Waals surface area contributed by atoms with E-state index in [4.69, 9.17) is 0 Å². The molecule has 3 rings (SSSR count). The number of fused-ring (bicyclic) bond motifs is 2. The maximum atomic E-state index is 3.82. The highest BCUT2D eigenvalue weighted by Gasteiger charge is 2.40. The van der Waals surface area contributed by atoms with Crippen molar-refractivity contribution < 1.29 is 0 Å². The molecule has 0 radical (unpaired) electrons. The minimum Gasteiger partial charge on any atom is -0.300 e. The molecule has 0 N–H and O–H groups in total. The summed E-state index contributed by atoms with van der Waals surface area (Å²) in [5.74, 6) is 0. The largest absolute Gasteiger partial charge is 0.300 e. The Labute approximate surface area is 118 Å². The molecular formula is C16H29N3. The monoisotopic (exact) mass is 263 g/mol. The number of hydrogen-bond donors (Lipinski definition) is 0. The Kier molecular flexibility index (Phi) is 4.25. The summed E-state index contributed by atoms with van der Waals surface area (Å²) < 4.78 is 0. The Bertz CT molecular complexity index is 295. The third-order valence-electron chi connectivity index (χ3n) is 5.65. The van der Waals surface area contributed by atoms with Crippen LogP contribution in [0.25, 0.3) is 0 Å². The van der Waals surface area contributed by atoms with Crippen molar-refractivity contribution in [1.82, 2.24) is 14.7 Å². The molecule has 3 fully saturated rings. The second kappa shape index (κ2) is 5.94. The molecule has 0 aromatic carbocycles. The molecule has 3 aliphatic rings. The van der Waals surface area contributed by atoms with Crippen molar-refractivity contribution in [1.29, 1.82) is 0 Å². The third-order valence-corrected chi connectivity index (χ3v) is 5.65. The molecule has 3 heteroatoms. The van der Waals surface area contributed by atoms with Crippen LogP contribution in [-0.4, -0.2) is 72.6 Å². The van der Waals surface area contributed by atoms with Gasteiger partial charge in [0, 0.05) is 50.8 Å². The Balaban J connectivity index is 1.48. The summed E-state index contributed by atoms with van der Waals surface area (Å²) in [5, 5.41) is 0. The minimum absolute atomic E-state index is 0.871. The second-order valence-electron chi connectivity index (χ2n) is 6.63. The van der Waals surface area contributed by atoms with Crippen molar-refractivity contribution in [3.63, 3.8) is 0 Å². The summed E-state index contributed by atoms with van der Waals surface area (Å²) in [5.41, 5.74) is 0. The van der Waals surface area contributed by atoms with E-state index in [1.54, 1.807) is 0 Å². The molecule has 0 saturated carbocycles. The van der Waals surface area contributed by atoms with Gasteiger partial charge < -0.3 is 9.80 Å². The molecular weight excluding hydrogens is 234 g/mol. The lowest BCUT2D eigenvalue weighted by Crippen LogP contribution is -2.55. The lowest BCUT2D eigenvalue weighted by molar-refractivity contribution is 0.0404. The van der Waals surface area contributed by atoms with Gasteiger partial charge in [0.1, 0.15) is 0 Å². The lowest BCUT2D eigenvalue weighted by Gasteiger charge is -2.45. The Morgan fingerprint density at radius 2 is 1.63 bits per heavy atom. The molecule has 3 atom stereocenters. The van der Waals surface area contributed by atoms with Crippen molar-refractivity contribution in [2.75, 3.05) is 39.8 Å². The number of piperazine rings is 1. The molecule has 3 heterocycles. The number of nitrogens with zero attached hydrogens (tertiary/aromatic N) is 3. The highest BCUT2D eigenvalue weighted by atomic mass is 15.3. The fraction of sp³-hybridized carbons (Fsp3) is 0.875. The summed E-state index contributed by atoms with van der Waals surface area (Å²) in [6.45, 7) is 10.1. The fourth-order valence-corrected chi connectivity index (χ4v) is 4.31. The zero-order chi connectivity index (χ0) is 13.2. The molecule has 2 bridgehead atoms. The lowest BCUT2D eigenvalue weighted by atomic mass is 9.96. The van der Waals surface area contributed by atoms with E-state index < -0.39 is 0 Å². The summed E-state index contributed by atoms with van der Waals surface area (Å²) >= 11 is 0. The molecule has 0 amide bonds. The molecule has 0 aromatic rings. The van der Waals surface area contributed by atoms with E-state index in [0.29, 0.717) is 0 Å². The summed E-state index contributed by atoms with van der Waals surface area (Å²) in [6.07, 6.45) is 8.90. The summed E-state index contributed by atoms with van der Waals surface area (Å²) in [6, 6.07) is 2.63. The first kappa shape index (κ1) is 13.6. The van der Waals surface area contributed by atoms with Crippen LogP contribution in [0.15, 0.2) is 12.7 Å². The van der Waals surface area contributed by atoms with E-state index in [-0.39, 0.29) is 0 Å². The summed E-state index contributed by atoms with van der Waals surface area (Å²) in [7, 11) is 2.34. The first-order valence-electron chi connectivity index (χ1n) is 8.07. The van der Waals surface area contributed by atoms with Gasteiger partial charge in [0.15, 0.2) is 0 Å². The number of piperidine rings is 1. The Hall–Kier alpha value is -0.380. The molecule has 3 saturated heterocycles. The molecule has 3 nitrogen and oxygen atoms in total. The quantitative estimate of drug-likeness (QED) is 0.716. The van der Waals surface area contributed by atoms with Gasteiger partial charge in [-0.05, 0) is 39.2 Å². The molecule has 3 aliphatic heterocycles. The van der Waals surface area contributed by atoms with Crippen LogP contribution in [0.3, 0.4) is 0 Å². The van der Waals surface area contributed by atoms with Crippen molar-refractivity contribution >= 4 is 0 Å². The zero-order valence-corrected chi connectivity index (χ0v) is 12.4. The van der Waals surface area contributed by atoms with Gasteiger partial charge in [0.05, 0.1) is 0 Å². The van der Waals surface area contributed by atoms with E-state index in [2.05, 4.69) is 28.3 Å². The van der Waals surface area contributed by atoms with Crippen LogP contribution in [0.1, 0.15) is 32.1 Å². The SMILES string of the molecule is C=CCCN1CCN(C2C[C@H]3CC[C@@H](C2)N3C)CC1. The number of hydrogen-bond acceptors (Lipinski definition) is 3. The highest BCUT2D eigenvalue weighted by Crippen LogP contribution is 2.36. The summed E-state index contributed by atoms with van der Waals surface area (Å²) in [4.78, 5) is 8.03. The van der Waals surface area contributed by atoms with Crippen LogP contribution < -0.4 is 0 Å². The van der Waals surface area contributed by atoms with E-state index in [1.807, 2.05) is 6.08 Å². The van der Waals surface area contributed by atoms with Gasteiger partial charge in [0.25, 0.3) is 0 Å². The van der Waals surface area contributed by atoms with E-state index in [0.717, 1.165) is 24.5 Å². The topological polar surface area (TPSA) is 9.72 Å². The first-order chi connectivity index (χ1) is 9.28. The van der Waals surface area contributed by atoms with Gasteiger partial charge in [-0.25, -0.2) is 0 Å². The van der Waals surface area contributed by atoms with Crippen LogP contribution in [0.4, 0.5) is 0 Å². The highest BCUT2D eigenvalue weighted by molar-refractivity contribution is 4.97.